The summed E-state index contributed by atoms with van der Waals surface area (Å²) >= 11 is 18.4. The van der Waals surface area contributed by atoms with Crippen LogP contribution in [0.15, 0.2) is 135 Å². The van der Waals surface area contributed by atoms with Gasteiger partial charge in [-0.3, -0.25) is 9.59 Å². The molecular weight excluding hydrogens is 518 g/mol. The molecule has 0 fully saturated rings. The number of carbonyl (C=O) groups is 2. The lowest BCUT2D eigenvalue weighted by atomic mass is 9.96. The fourth-order valence-corrected chi connectivity index (χ4v) is 9.50. The highest BCUT2D eigenvalue weighted by atomic mass is 35.5. The van der Waals surface area contributed by atoms with Crippen molar-refractivity contribution in [3.05, 3.63) is 135 Å². The van der Waals surface area contributed by atoms with Crippen LogP contribution in [0.3, 0.4) is 0 Å². The van der Waals surface area contributed by atoms with Crippen molar-refractivity contribution in [2.75, 3.05) is 0 Å². The van der Waals surface area contributed by atoms with E-state index >= 15 is 0 Å². The first-order valence-electron chi connectivity index (χ1n) is 10.8. The number of halogens is 3. The highest BCUT2D eigenvalue weighted by molar-refractivity contribution is 7.95. The highest BCUT2D eigenvalue weighted by Crippen LogP contribution is 2.48. The van der Waals surface area contributed by atoms with Crippen LogP contribution in [0, 0.1) is 0 Å². The molecule has 0 bridgehead atoms. The predicted octanol–water partition coefficient (Wildman–Crippen LogP) is 5.98. The second-order valence-corrected chi connectivity index (χ2v) is 12.6. The van der Waals surface area contributed by atoms with Crippen LogP contribution in [0.5, 0.6) is 0 Å². The summed E-state index contributed by atoms with van der Waals surface area (Å²) in [6.07, 6.45) is 5.79. The average molecular weight is 536 g/mol. The van der Waals surface area contributed by atoms with Crippen LogP contribution in [0.1, 0.15) is 0 Å². The summed E-state index contributed by atoms with van der Waals surface area (Å²) in [5, 5.41) is 3.66. The van der Waals surface area contributed by atoms with Crippen molar-refractivity contribution < 1.29 is 9.59 Å². The van der Waals surface area contributed by atoms with E-state index in [1.165, 1.54) is 15.9 Å². The van der Waals surface area contributed by atoms with Gasteiger partial charge in [0, 0.05) is 0 Å². The van der Waals surface area contributed by atoms with Crippen molar-refractivity contribution in [1.29, 1.82) is 0 Å². The summed E-state index contributed by atoms with van der Waals surface area (Å²) < 4.78 is 0. The third kappa shape index (κ3) is 3.92. The average Bonchev–Trinajstić information content (AvgIpc) is 3.39. The lowest BCUT2D eigenvalue weighted by Gasteiger charge is -2.30. The molecule has 0 aliphatic heterocycles. The standard InChI is InChI=1S/C29H18Cl3O2P/c30-25-24(28(33)26(31)27(32)29(25)34)19-16-17-23(18-19)35(20-10-4-1-5-11-20,21-12-6-2-7-13-21)22-14-8-3-9-15-22/h1-18H. The first kappa shape index (κ1) is 23.9. The molecule has 2 aliphatic carbocycles. The van der Waals surface area contributed by atoms with Crippen LogP contribution in [0.25, 0.3) is 0 Å². The van der Waals surface area contributed by atoms with Crippen LogP contribution in [-0.2, 0) is 9.59 Å². The Morgan fingerprint density at radius 2 is 0.943 bits per heavy atom. The first-order valence-corrected chi connectivity index (χ1v) is 13.8. The molecule has 0 heterocycles. The lowest BCUT2D eigenvalue weighted by Crippen LogP contribution is -2.29. The number of benzene rings is 3. The molecule has 0 amide bonds. The van der Waals surface area contributed by atoms with Gasteiger partial charge in [-0.1, -0.05) is 138 Å². The van der Waals surface area contributed by atoms with Crippen LogP contribution < -0.4 is 15.9 Å². The van der Waals surface area contributed by atoms with Gasteiger partial charge in [-0.05, 0) is 39.7 Å². The van der Waals surface area contributed by atoms with E-state index in [0.717, 1.165) is 5.29 Å². The minimum absolute atomic E-state index is 0.0737. The van der Waals surface area contributed by atoms with Gasteiger partial charge in [0.05, 0.1) is 5.57 Å². The zero-order valence-electron chi connectivity index (χ0n) is 18.3. The number of ketones is 2. The highest BCUT2D eigenvalue weighted by Gasteiger charge is 2.35. The predicted molar refractivity (Wildman–Crippen MR) is 149 cm³/mol. The van der Waals surface area contributed by atoms with Gasteiger partial charge in [-0.25, -0.2) is 0 Å². The fraction of sp³-hybridized carbons (Fsp3) is 0. The Balaban J connectivity index is 1.87. The summed E-state index contributed by atoms with van der Waals surface area (Å²) in [7, 11) is 0. The van der Waals surface area contributed by atoms with Gasteiger partial charge in [0.25, 0.3) is 0 Å². The molecule has 0 saturated heterocycles. The van der Waals surface area contributed by atoms with Gasteiger partial charge in [0.1, 0.15) is 15.1 Å². The largest absolute Gasteiger partial charge is 0.287 e. The van der Waals surface area contributed by atoms with Crippen molar-refractivity contribution in [3.8, 4) is 0 Å². The van der Waals surface area contributed by atoms with E-state index in [9.17, 15) is 9.59 Å². The molecule has 0 aromatic heterocycles. The van der Waals surface area contributed by atoms with Crippen LogP contribution in [-0.4, -0.2) is 16.9 Å². The number of carbonyl (C=O) groups excluding carboxylic acids is 2. The van der Waals surface area contributed by atoms with E-state index in [0.29, 0.717) is 5.57 Å². The molecule has 3 aromatic carbocycles. The topological polar surface area (TPSA) is 34.1 Å². The van der Waals surface area contributed by atoms with E-state index < -0.39 is 18.5 Å². The smallest absolute Gasteiger partial charge is 0.218 e. The number of hydrogen-bond acceptors (Lipinski definition) is 2. The number of rotatable bonds is 4. The molecular formula is C29H18Cl3O2P. The monoisotopic (exact) mass is 534 g/mol. The quantitative estimate of drug-likeness (QED) is 0.304. The maximum absolute atomic E-state index is 13.0. The Morgan fingerprint density at radius 1 is 0.514 bits per heavy atom. The molecule has 0 atom stereocenters. The number of hydrogen-bond donors (Lipinski definition) is 0. The van der Waals surface area contributed by atoms with Gasteiger partial charge >= 0.3 is 0 Å². The zero-order chi connectivity index (χ0) is 24.6. The van der Waals surface area contributed by atoms with E-state index in [-0.39, 0.29) is 20.7 Å². The summed E-state index contributed by atoms with van der Waals surface area (Å²) in [5.74, 6) is -1.20. The summed E-state index contributed by atoms with van der Waals surface area (Å²) in [5.41, 5.74) is 0.613. The van der Waals surface area contributed by atoms with Gasteiger partial charge in [0.15, 0.2) is 0 Å². The first-order chi connectivity index (χ1) is 17.0. The summed E-state index contributed by atoms with van der Waals surface area (Å²) in [6, 6.07) is 31.1. The molecule has 6 heteroatoms. The van der Waals surface area contributed by atoms with Crippen LogP contribution >= 0.6 is 41.7 Å². The second-order valence-electron chi connectivity index (χ2n) is 8.01. The minimum Gasteiger partial charge on any atom is -0.287 e. The molecule has 35 heavy (non-hydrogen) atoms. The molecule has 2 nitrogen and oxygen atoms in total. The van der Waals surface area contributed by atoms with Crippen molar-refractivity contribution in [1.82, 2.24) is 0 Å². The van der Waals surface area contributed by atoms with E-state index in [2.05, 4.69) is 36.4 Å². The zero-order valence-corrected chi connectivity index (χ0v) is 21.5. The molecule has 0 N–H and O–H groups in total. The van der Waals surface area contributed by atoms with E-state index in [1.807, 2.05) is 72.8 Å². The van der Waals surface area contributed by atoms with Gasteiger partial charge in [-0.15, -0.1) is 0 Å². The Bertz CT molecular complexity index is 1430. The van der Waals surface area contributed by atoms with Crippen molar-refractivity contribution >= 4 is 74.5 Å². The lowest BCUT2D eigenvalue weighted by molar-refractivity contribution is -0.115. The number of allylic oxidation sites excluding steroid dienone is 8. The third-order valence-corrected chi connectivity index (χ3v) is 11.5. The number of Topliss-reactive ketones (excluding diaryl/α,β-unsaturated/α-hetero) is 2. The molecule has 0 radical (unpaired) electrons. The normalized spacial score (nSPS) is 16.3. The Labute approximate surface area is 218 Å². The van der Waals surface area contributed by atoms with Crippen LogP contribution in [0.2, 0.25) is 0 Å². The molecule has 5 rings (SSSR count). The van der Waals surface area contributed by atoms with E-state index in [4.69, 9.17) is 34.8 Å². The molecule has 2 aliphatic rings. The fourth-order valence-electron chi connectivity index (χ4n) is 4.52. The van der Waals surface area contributed by atoms with E-state index in [1.54, 1.807) is 0 Å². The van der Waals surface area contributed by atoms with Crippen molar-refractivity contribution in [3.63, 3.8) is 0 Å². The molecule has 0 unspecified atom stereocenters. The summed E-state index contributed by atoms with van der Waals surface area (Å²) in [6.45, 7) is -2.35. The molecule has 0 saturated carbocycles. The molecule has 0 spiro atoms. The maximum atomic E-state index is 13.0. The molecule has 172 valence electrons. The van der Waals surface area contributed by atoms with Gasteiger partial charge in [-0.2, -0.15) is 0 Å². The Kier molecular flexibility index (Phi) is 6.57. The Morgan fingerprint density at radius 3 is 1.40 bits per heavy atom. The summed E-state index contributed by atoms with van der Waals surface area (Å²) in [4.78, 5) is 25.5. The minimum atomic E-state index is -2.35. The maximum Gasteiger partial charge on any atom is 0.218 e. The Hall–Kier alpha value is -2.87. The van der Waals surface area contributed by atoms with Crippen molar-refractivity contribution in [2.45, 2.75) is 0 Å². The van der Waals surface area contributed by atoms with Crippen LogP contribution in [0.4, 0.5) is 0 Å². The SMILES string of the molecule is O=C1C(Cl)=C(Cl)C(=O)C(C2=CC(=P(c3ccccc3)(c3ccccc3)c3ccccc3)C=C2)=C1Cl. The van der Waals surface area contributed by atoms with Crippen molar-refractivity contribution in [2.24, 2.45) is 0 Å². The second kappa shape index (κ2) is 9.64. The third-order valence-electron chi connectivity index (χ3n) is 6.08. The van der Waals surface area contributed by atoms with Gasteiger partial charge in [0.2, 0.25) is 11.6 Å². The molecule has 3 aromatic rings. The van der Waals surface area contributed by atoms with Gasteiger partial charge < -0.3 is 0 Å².